The number of aromatic nitrogens is 2. The van der Waals surface area contributed by atoms with E-state index in [1.165, 1.54) is 6.21 Å². The van der Waals surface area contributed by atoms with Gasteiger partial charge in [-0.15, -0.1) is 0 Å². The number of halogens is 1. The number of anilines is 1. The molecule has 0 radical (unpaired) electrons. The quantitative estimate of drug-likeness (QED) is 0.200. The summed E-state index contributed by atoms with van der Waals surface area (Å²) < 4.78 is 7.40. The molecule has 0 atom stereocenters. The van der Waals surface area contributed by atoms with Gasteiger partial charge < -0.3 is 10.1 Å². The lowest BCUT2D eigenvalue weighted by atomic mass is 10.1. The molecular weight excluding hydrogens is 478 g/mol. The first kappa shape index (κ1) is 24.7. The summed E-state index contributed by atoms with van der Waals surface area (Å²) in [6, 6.07) is 23.8. The Hall–Kier alpha value is -4.43. The second-order valence-electron chi connectivity index (χ2n) is 7.72. The first-order valence-electron chi connectivity index (χ1n) is 11.3. The number of rotatable bonds is 8. The zero-order valence-corrected chi connectivity index (χ0v) is 20.3. The molecule has 0 aliphatic carbocycles. The average molecular weight is 502 g/mol. The van der Waals surface area contributed by atoms with Crippen molar-refractivity contribution in [1.82, 2.24) is 15.2 Å². The number of nitrogens with zero attached hydrogens (tertiary/aromatic N) is 3. The zero-order valence-electron chi connectivity index (χ0n) is 19.5. The van der Waals surface area contributed by atoms with Crippen molar-refractivity contribution in [3.63, 3.8) is 0 Å². The lowest BCUT2D eigenvalue weighted by molar-refractivity contribution is -0.136. The van der Waals surface area contributed by atoms with Gasteiger partial charge in [0.1, 0.15) is 11.4 Å². The molecule has 2 N–H and O–H groups in total. The summed E-state index contributed by atoms with van der Waals surface area (Å²) in [4.78, 5) is 24.4. The normalized spacial score (nSPS) is 10.8. The van der Waals surface area contributed by atoms with Gasteiger partial charge in [-0.25, -0.2) is 10.1 Å². The minimum Gasteiger partial charge on any atom is -0.494 e. The van der Waals surface area contributed by atoms with E-state index in [4.69, 9.17) is 21.4 Å². The van der Waals surface area contributed by atoms with E-state index in [0.29, 0.717) is 28.6 Å². The zero-order chi connectivity index (χ0) is 25.3. The number of amides is 2. The predicted octanol–water partition coefficient (Wildman–Crippen LogP) is 5.07. The number of carbonyl (C=O) groups is 2. The molecular formula is C27H24ClN5O3. The van der Waals surface area contributed by atoms with Crippen molar-refractivity contribution in [2.75, 3.05) is 11.9 Å². The van der Waals surface area contributed by atoms with Crippen molar-refractivity contribution in [1.29, 1.82) is 0 Å². The van der Waals surface area contributed by atoms with Crippen molar-refractivity contribution >= 4 is 35.3 Å². The van der Waals surface area contributed by atoms with Crippen LogP contribution in [0.4, 0.5) is 5.69 Å². The van der Waals surface area contributed by atoms with Gasteiger partial charge in [0.25, 0.3) is 0 Å². The summed E-state index contributed by atoms with van der Waals surface area (Å²) in [5.41, 5.74) is 5.59. The molecule has 8 nitrogen and oxygen atoms in total. The molecule has 182 valence electrons. The molecule has 4 aromatic rings. The molecule has 36 heavy (non-hydrogen) atoms. The number of carbonyl (C=O) groups excluding carboxylic acids is 2. The standard InChI is InChI=1S/C27H24ClN5O3/c1-2-16-36-22-14-12-19(13-15-22)25-20(18-33(32-25)21-8-4-3-5-9-21)17-29-31-27(35)26(34)30-24-11-7-6-10-23(24)28/h3-15,17-18H,2,16H2,1H3,(H,30,34)(H,31,35)/b29-17-. The number of hydrogen-bond donors (Lipinski definition) is 2. The molecule has 1 aromatic heterocycles. The number of hydrazone groups is 1. The Balaban J connectivity index is 1.53. The molecule has 0 saturated heterocycles. The van der Waals surface area contributed by atoms with Crippen molar-refractivity contribution in [3.8, 4) is 22.7 Å². The predicted molar refractivity (Wildman–Crippen MR) is 141 cm³/mol. The van der Waals surface area contributed by atoms with Crippen molar-refractivity contribution < 1.29 is 14.3 Å². The van der Waals surface area contributed by atoms with E-state index in [0.717, 1.165) is 23.4 Å². The average Bonchev–Trinajstić information content (AvgIpc) is 3.33. The fourth-order valence-electron chi connectivity index (χ4n) is 3.30. The van der Waals surface area contributed by atoms with Gasteiger partial charge in [-0.2, -0.15) is 10.2 Å². The summed E-state index contributed by atoms with van der Waals surface area (Å²) in [7, 11) is 0. The lowest BCUT2D eigenvalue weighted by Crippen LogP contribution is -2.32. The second kappa shape index (κ2) is 11.8. The maximum Gasteiger partial charge on any atom is 0.329 e. The third kappa shape index (κ3) is 6.17. The van der Waals surface area contributed by atoms with Gasteiger partial charge in [-0.3, -0.25) is 9.59 Å². The van der Waals surface area contributed by atoms with Crippen LogP contribution >= 0.6 is 11.6 Å². The molecule has 0 unspecified atom stereocenters. The van der Waals surface area contributed by atoms with Crippen LogP contribution in [0.1, 0.15) is 18.9 Å². The summed E-state index contributed by atoms with van der Waals surface area (Å²) in [6.07, 6.45) is 4.17. The van der Waals surface area contributed by atoms with Gasteiger partial charge in [-0.05, 0) is 55.0 Å². The van der Waals surface area contributed by atoms with E-state index < -0.39 is 11.8 Å². The molecule has 1 heterocycles. The molecule has 4 rings (SSSR count). The van der Waals surface area contributed by atoms with Crippen LogP contribution in [0.5, 0.6) is 5.75 Å². The van der Waals surface area contributed by atoms with Gasteiger partial charge >= 0.3 is 11.8 Å². The first-order chi connectivity index (χ1) is 17.5. The Bertz CT molecular complexity index is 1370. The monoisotopic (exact) mass is 501 g/mol. The Labute approximate surface area is 213 Å². The third-order valence-electron chi connectivity index (χ3n) is 5.06. The van der Waals surface area contributed by atoms with Crippen LogP contribution in [-0.4, -0.2) is 34.4 Å². The van der Waals surface area contributed by atoms with Crippen LogP contribution in [0.25, 0.3) is 16.9 Å². The summed E-state index contributed by atoms with van der Waals surface area (Å²) in [5.74, 6) is -1.04. The summed E-state index contributed by atoms with van der Waals surface area (Å²) in [5, 5.41) is 11.5. The smallest absolute Gasteiger partial charge is 0.329 e. The van der Waals surface area contributed by atoms with Crippen molar-refractivity contribution in [3.05, 3.63) is 95.6 Å². The largest absolute Gasteiger partial charge is 0.494 e. The van der Waals surface area contributed by atoms with Crippen molar-refractivity contribution in [2.24, 2.45) is 5.10 Å². The van der Waals surface area contributed by atoms with Gasteiger partial charge in [0.15, 0.2) is 0 Å². The molecule has 9 heteroatoms. The van der Waals surface area contributed by atoms with Crippen molar-refractivity contribution in [2.45, 2.75) is 13.3 Å². The first-order valence-corrected chi connectivity index (χ1v) is 11.7. The number of ether oxygens (including phenoxy) is 1. The number of benzene rings is 3. The molecule has 0 aliphatic rings. The second-order valence-corrected chi connectivity index (χ2v) is 8.13. The fourth-order valence-corrected chi connectivity index (χ4v) is 3.48. The van der Waals surface area contributed by atoms with Crippen LogP contribution < -0.4 is 15.5 Å². The van der Waals surface area contributed by atoms with E-state index in [2.05, 4.69) is 22.8 Å². The topological polar surface area (TPSA) is 97.6 Å². The molecule has 0 aliphatic heterocycles. The Kier molecular flexibility index (Phi) is 8.10. The Morgan fingerprint density at radius 1 is 1.00 bits per heavy atom. The minimum atomic E-state index is -0.930. The summed E-state index contributed by atoms with van der Waals surface area (Å²) in [6.45, 7) is 2.69. The molecule has 0 fully saturated rings. The van der Waals surface area contributed by atoms with Crippen LogP contribution in [0.3, 0.4) is 0 Å². The van der Waals surface area contributed by atoms with Gasteiger partial charge in [-0.1, -0.05) is 48.9 Å². The number of hydrogen-bond acceptors (Lipinski definition) is 5. The highest BCUT2D eigenvalue weighted by molar-refractivity contribution is 6.41. The molecule has 3 aromatic carbocycles. The molecule has 0 bridgehead atoms. The number of para-hydroxylation sites is 2. The highest BCUT2D eigenvalue weighted by Gasteiger charge is 2.15. The maximum atomic E-state index is 12.2. The molecule has 0 saturated carbocycles. The van der Waals surface area contributed by atoms with E-state index in [-0.39, 0.29) is 0 Å². The highest BCUT2D eigenvalue weighted by Crippen LogP contribution is 2.25. The lowest BCUT2D eigenvalue weighted by Gasteiger charge is -2.06. The minimum absolute atomic E-state index is 0.325. The molecule has 2 amide bonds. The Morgan fingerprint density at radius 3 is 2.44 bits per heavy atom. The Morgan fingerprint density at radius 2 is 1.72 bits per heavy atom. The van der Waals surface area contributed by atoms with Crippen LogP contribution in [0, 0.1) is 0 Å². The van der Waals surface area contributed by atoms with Crippen LogP contribution in [-0.2, 0) is 9.59 Å². The fraction of sp³-hybridized carbons (Fsp3) is 0.111. The van der Waals surface area contributed by atoms with Gasteiger partial charge in [0, 0.05) is 17.3 Å². The van der Waals surface area contributed by atoms with Gasteiger partial charge in [0.05, 0.1) is 29.2 Å². The summed E-state index contributed by atoms with van der Waals surface area (Å²) >= 11 is 6.03. The van der Waals surface area contributed by atoms with Gasteiger partial charge in [0.2, 0.25) is 0 Å². The van der Waals surface area contributed by atoms with E-state index in [1.807, 2.05) is 54.6 Å². The SMILES string of the molecule is CCCOc1ccc(-c2nn(-c3ccccc3)cc2/C=N\NC(=O)C(=O)Nc2ccccc2Cl)cc1. The highest BCUT2D eigenvalue weighted by atomic mass is 35.5. The van der Waals surface area contributed by atoms with E-state index >= 15 is 0 Å². The van der Waals surface area contributed by atoms with Crippen LogP contribution in [0.2, 0.25) is 5.02 Å². The van der Waals surface area contributed by atoms with E-state index in [9.17, 15) is 9.59 Å². The third-order valence-corrected chi connectivity index (χ3v) is 5.39. The molecule has 0 spiro atoms. The number of nitrogens with one attached hydrogen (secondary N) is 2. The van der Waals surface area contributed by atoms with Crippen LogP contribution in [0.15, 0.2) is 90.2 Å². The van der Waals surface area contributed by atoms with E-state index in [1.54, 1.807) is 35.1 Å². The maximum absolute atomic E-state index is 12.2.